The highest BCUT2D eigenvalue weighted by molar-refractivity contribution is 5.29. The summed E-state index contributed by atoms with van der Waals surface area (Å²) in [4.78, 5) is 10.0. The number of hydrogen-bond acceptors (Lipinski definition) is 2. The molecule has 0 heterocycles. The van der Waals surface area contributed by atoms with Crippen molar-refractivity contribution in [2.75, 3.05) is 6.54 Å². The van der Waals surface area contributed by atoms with Crippen LogP contribution in [0.3, 0.4) is 0 Å². The summed E-state index contributed by atoms with van der Waals surface area (Å²) in [6.45, 7) is 6.97. The molecule has 20 heavy (non-hydrogen) atoms. The van der Waals surface area contributed by atoms with Crippen LogP contribution in [0.2, 0.25) is 0 Å². The number of nitrogens with zero attached hydrogens (tertiary/aromatic N) is 1. The van der Waals surface area contributed by atoms with Gasteiger partial charge in [0, 0.05) is 0 Å². The van der Waals surface area contributed by atoms with Crippen LogP contribution in [0.4, 0.5) is 0 Å². The Bertz CT molecular complexity index is 287. The van der Waals surface area contributed by atoms with Gasteiger partial charge in [-0.2, -0.15) is 4.91 Å². The second-order valence-electron chi connectivity index (χ2n) is 6.60. The Kier molecular flexibility index (Phi) is 8.80. The van der Waals surface area contributed by atoms with Crippen molar-refractivity contribution >= 4 is 0 Å². The van der Waals surface area contributed by atoms with Gasteiger partial charge in [-0.1, -0.05) is 82.0 Å². The van der Waals surface area contributed by atoms with Crippen LogP contribution >= 0.6 is 0 Å². The van der Waals surface area contributed by atoms with Crippen molar-refractivity contribution in [3.63, 3.8) is 0 Å². The van der Waals surface area contributed by atoms with Gasteiger partial charge in [0.15, 0.2) is 0 Å². The second-order valence-corrected chi connectivity index (χ2v) is 6.60. The maximum absolute atomic E-state index is 10.0. The van der Waals surface area contributed by atoms with Gasteiger partial charge in [-0.05, 0) is 31.1 Å². The SMILES string of the molecule is C=C1CC1(CCCCCCCCC)CCCCCN=O. The third-order valence-electron chi connectivity index (χ3n) is 4.84. The van der Waals surface area contributed by atoms with E-state index in [1.807, 2.05) is 0 Å². The van der Waals surface area contributed by atoms with Crippen molar-refractivity contribution < 1.29 is 0 Å². The van der Waals surface area contributed by atoms with Crippen LogP contribution < -0.4 is 0 Å². The van der Waals surface area contributed by atoms with Gasteiger partial charge in [-0.3, -0.25) is 0 Å². The van der Waals surface area contributed by atoms with E-state index in [2.05, 4.69) is 18.7 Å². The van der Waals surface area contributed by atoms with Crippen LogP contribution in [-0.2, 0) is 0 Å². The van der Waals surface area contributed by atoms with E-state index in [1.165, 1.54) is 76.2 Å². The van der Waals surface area contributed by atoms with Gasteiger partial charge in [0.2, 0.25) is 0 Å². The van der Waals surface area contributed by atoms with Gasteiger partial charge in [-0.25, -0.2) is 0 Å². The Balaban J connectivity index is 2.01. The minimum atomic E-state index is 0.492. The monoisotopic (exact) mass is 279 g/mol. The summed E-state index contributed by atoms with van der Waals surface area (Å²) in [5.41, 5.74) is 1.98. The molecule has 1 atom stereocenters. The summed E-state index contributed by atoms with van der Waals surface area (Å²) in [6, 6.07) is 0. The van der Waals surface area contributed by atoms with Gasteiger partial charge < -0.3 is 0 Å². The van der Waals surface area contributed by atoms with Gasteiger partial charge in [0.1, 0.15) is 0 Å². The molecule has 0 bridgehead atoms. The summed E-state index contributed by atoms with van der Waals surface area (Å²) < 4.78 is 0. The minimum absolute atomic E-state index is 0.492. The van der Waals surface area contributed by atoms with Gasteiger partial charge in [-0.15, -0.1) is 0 Å². The van der Waals surface area contributed by atoms with Gasteiger partial charge >= 0.3 is 0 Å². The third-order valence-corrected chi connectivity index (χ3v) is 4.84. The van der Waals surface area contributed by atoms with Crippen molar-refractivity contribution in [3.05, 3.63) is 17.1 Å². The largest absolute Gasteiger partial charge is 0.151 e. The molecule has 1 aliphatic rings. The Morgan fingerprint density at radius 3 is 1.95 bits per heavy atom. The summed E-state index contributed by atoms with van der Waals surface area (Å²) in [6.07, 6.45) is 17.0. The molecule has 0 saturated heterocycles. The van der Waals surface area contributed by atoms with Crippen LogP contribution in [0.25, 0.3) is 0 Å². The van der Waals surface area contributed by atoms with E-state index in [1.54, 1.807) is 0 Å². The Labute approximate surface area is 125 Å². The fourth-order valence-electron chi connectivity index (χ4n) is 3.26. The maximum atomic E-state index is 10.0. The maximum Gasteiger partial charge on any atom is 0.0811 e. The number of nitroso groups, excluding NO2 is 1. The first-order chi connectivity index (χ1) is 9.75. The molecule has 1 saturated carbocycles. The molecule has 0 aromatic heterocycles. The molecule has 0 amide bonds. The van der Waals surface area contributed by atoms with Crippen molar-refractivity contribution in [1.29, 1.82) is 0 Å². The average Bonchev–Trinajstić information content (AvgIpc) is 3.08. The fourth-order valence-corrected chi connectivity index (χ4v) is 3.26. The van der Waals surface area contributed by atoms with Crippen molar-refractivity contribution in [2.45, 2.75) is 90.4 Å². The van der Waals surface area contributed by atoms with Crippen molar-refractivity contribution in [3.8, 4) is 0 Å². The molecule has 0 aromatic rings. The quantitative estimate of drug-likeness (QED) is 0.205. The van der Waals surface area contributed by atoms with Crippen molar-refractivity contribution in [1.82, 2.24) is 0 Å². The highest BCUT2D eigenvalue weighted by Gasteiger charge is 2.45. The van der Waals surface area contributed by atoms with Crippen LogP contribution in [-0.4, -0.2) is 6.54 Å². The van der Waals surface area contributed by atoms with E-state index in [0.717, 1.165) is 12.8 Å². The highest BCUT2D eigenvalue weighted by atomic mass is 16.3. The lowest BCUT2D eigenvalue weighted by Gasteiger charge is -2.14. The first-order valence-corrected chi connectivity index (χ1v) is 8.72. The summed E-state index contributed by atoms with van der Waals surface area (Å²) in [7, 11) is 0. The van der Waals surface area contributed by atoms with Crippen LogP contribution in [0.15, 0.2) is 17.3 Å². The number of unbranched alkanes of at least 4 members (excludes halogenated alkanes) is 8. The zero-order valence-electron chi connectivity index (χ0n) is 13.5. The third kappa shape index (κ3) is 6.67. The Morgan fingerprint density at radius 1 is 0.950 bits per heavy atom. The summed E-state index contributed by atoms with van der Waals surface area (Å²) in [5, 5.41) is 2.92. The molecule has 0 aliphatic heterocycles. The lowest BCUT2D eigenvalue weighted by molar-refractivity contribution is 0.403. The topological polar surface area (TPSA) is 29.4 Å². The molecule has 0 radical (unpaired) electrons. The molecule has 1 aliphatic carbocycles. The molecule has 0 N–H and O–H groups in total. The Hall–Kier alpha value is -0.660. The van der Waals surface area contributed by atoms with E-state index in [9.17, 15) is 4.91 Å². The molecule has 0 aromatic carbocycles. The van der Waals surface area contributed by atoms with Gasteiger partial charge in [0.25, 0.3) is 0 Å². The first kappa shape index (κ1) is 17.4. The highest BCUT2D eigenvalue weighted by Crippen LogP contribution is 2.58. The molecule has 0 spiro atoms. The lowest BCUT2D eigenvalue weighted by Crippen LogP contribution is -2.01. The zero-order valence-corrected chi connectivity index (χ0v) is 13.5. The standard InChI is InChI=1S/C18H33NO/c1-3-4-5-6-7-8-10-13-18(16-17(18)2)14-11-9-12-15-19-20/h2-16H2,1H3. The molecule has 116 valence electrons. The lowest BCUT2D eigenvalue weighted by atomic mass is 9.91. The second kappa shape index (κ2) is 10.1. The summed E-state index contributed by atoms with van der Waals surface area (Å²) in [5.74, 6) is 0. The molecule has 1 fully saturated rings. The molecule has 1 unspecified atom stereocenters. The number of hydrogen-bond donors (Lipinski definition) is 0. The zero-order chi connectivity index (χ0) is 14.7. The van der Waals surface area contributed by atoms with Gasteiger partial charge in [0.05, 0.1) is 6.54 Å². The first-order valence-electron chi connectivity index (χ1n) is 8.72. The predicted octanol–water partition coefficient (Wildman–Crippen LogP) is 6.40. The molecule has 1 rings (SSSR count). The number of rotatable bonds is 14. The molecule has 2 heteroatoms. The van der Waals surface area contributed by atoms with Crippen LogP contribution in [0.5, 0.6) is 0 Å². The van der Waals surface area contributed by atoms with Crippen LogP contribution in [0.1, 0.15) is 90.4 Å². The molecule has 2 nitrogen and oxygen atoms in total. The minimum Gasteiger partial charge on any atom is -0.151 e. The molecular formula is C18H33NO. The Morgan fingerprint density at radius 2 is 1.45 bits per heavy atom. The summed E-state index contributed by atoms with van der Waals surface area (Å²) >= 11 is 0. The van der Waals surface area contributed by atoms with Crippen LogP contribution in [0, 0.1) is 10.3 Å². The predicted molar refractivity (Wildman–Crippen MR) is 87.9 cm³/mol. The normalized spacial score (nSPS) is 21.1. The van der Waals surface area contributed by atoms with E-state index >= 15 is 0 Å². The smallest absolute Gasteiger partial charge is 0.0811 e. The average molecular weight is 279 g/mol. The number of allylic oxidation sites excluding steroid dienone is 1. The van der Waals surface area contributed by atoms with Crippen molar-refractivity contribution in [2.24, 2.45) is 10.6 Å². The van der Waals surface area contributed by atoms with E-state index < -0.39 is 0 Å². The van der Waals surface area contributed by atoms with E-state index in [4.69, 9.17) is 0 Å². The molecular weight excluding hydrogens is 246 g/mol. The van der Waals surface area contributed by atoms with E-state index in [0.29, 0.717) is 12.0 Å². The van der Waals surface area contributed by atoms with E-state index in [-0.39, 0.29) is 0 Å². The fraction of sp³-hybridized carbons (Fsp3) is 0.889.